The fraction of sp³-hybridized carbons (Fsp3) is 0.333. The highest BCUT2D eigenvalue weighted by Gasteiger charge is 2.29. The molecule has 96 valence electrons. The van der Waals surface area contributed by atoms with E-state index in [9.17, 15) is 0 Å². The number of rotatable bonds is 2. The van der Waals surface area contributed by atoms with Gasteiger partial charge < -0.3 is 9.72 Å². The number of nitrogens with one attached hydrogen (secondary N) is 1. The Bertz CT molecular complexity index is 666. The molecule has 1 fully saturated rings. The minimum atomic E-state index is -0.0298. The van der Waals surface area contributed by atoms with Crippen molar-refractivity contribution in [1.82, 2.24) is 9.97 Å². The number of ether oxygens (including phenoxy) is 1. The first-order valence-corrected chi connectivity index (χ1v) is 7.06. The van der Waals surface area contributed by atoms with Crippen molar-refractivity contribution in [3.63, 3.8) is 0 Å². The second-order valence-electron chi connectivity index (χ2n) is 5.25. The maximum absolute atomic E-state index is 5.96. The lowest BCUT2D eigenvalue weighted by molar-refractivity contribution is 0.227. The maximum atomic E-state index is 5.96. The summed E-state index contributed by atoms with van der Waals surface area (Å²) in [5.41, 5.74) is 2.46. The molecule has 19 heavy (non-hydrogen) atoms. The summed E-state index contributed by atoms with van der Waals surface area (Å²) in [6.07, 6.45) is 3.33. The summed E-state index contributed by atoms with van der Waals surface area (Å²) in [6, 6.07) is 10.1. The number of benzene rings is 1. The van der Waals surface area contributed by atoms with Crippen LogP contribution in [-0.2, 0) is 6.42 Å². The molecule has 1 aliphatic carbocycles. The van der Waals surface area contributed by atoms with Gasteiger partial charge in [-0.05, 0) is 36.5 Å². The molecule has 1 atom stereocenters. The van der Waals surface area contributed by atoms with Crippen molar-refractivity contribution in [1.29, 1.82) is 0 Å². The molecule has 2 aliphatic rings. The number of aromatic nitrogens is 2. The summed E-state index contributed by atoms with van der Waals surface area (Å²) in [5.74, 6) is 2.48. The zero-order chi connectivity index (χ0) is 12.8. The first-order valence-electron chi connectivity index (χ1n) is 6.65. The summed E-state index contributed by atoms with van der Waals surface area (Å²) in [6.45, 7) is 0. The first-order chi connectivity index (χ1) is 9.29. The van der Waals surface area contributed by atoms with Gasteiger partial charge in [0, 0.05) is 12.1 Å². The Balaban J connectivity index is 1.69. The lowest BCUT2D eigenvalue weighted by Gasteiger charge is -2.11. The molecule has 4 heteroatoms. The predicted molar refractivity (Wildman–Crippen MR) is 74.9 cm³/mol. The molecule has 1 aliphatic heterocycles. The molecule has 4 rings (SSSR count). The zero-order valence-electron chi connectivity index (χ0n) is 10.4. The van der Waals surface area contributed by atoms with Gasteiger partial charge in [-0.1, -0.05) is 30.4 Å². The molecule has 1 N–H and O–H groups in total. The largest absolute Gasteiger partial charge is 0.482 e. The molecule has 0 radical (unpaired) electrons. The van der Waals surface area contributed by atoms with Crippen LogP contribution in [0.4, 0.5) is 0 Å². The third-order valence-corrected chi connectivity index (χ3v) is 3.96. The monoisotopic (exact) mass is 270 g/mol. The second kappa shape index (κ2) is 4.17. The minimum absolute atomic E-state index is 0.0298. The Labute approximate surface area is 116 Å². The SMILES string of the molecule is S=c1cc(C2CC2)[nH]c(C2Cc3ccccc3O2)n1. The molecule has 2 heterocycles. The van der Waals surface area contributed by atoms with Gasteiger partial charge in [0.2, 0.25) is 0 Å². The van der Waals surface area contributed by atoms with Crippen LogP contribution in [0.15, 0.2) is 30.3 Å². The summed E-state index contributed by atoms with van der Waals surface area (Å²) >= 11 is 5.27. The third kappa shape index (κ3) is 2.06. The van der Waals surface area contributed by atoms with Gasteiger partial charge >= 0.3 is 0 Å². The van der Waals surface area contributed by atoms with Crippen LogP contribution in [0.25, 0.3) is 0 Å². The Morgan fingerprint density at radius 2 is 2.11 bits per heavy atom. The van der Waals surface area contributed by atoms with Crippen molar-refractivity contribution in [2.24, 2.45) is 0 Å². The molecule has 1 aromatic carbocycles. The number of para-hydroxylation sites is 1. The van der Waals surface area contributed by atoms with E-state index in [1.807, 2.05) is 24.3 Å². The molecule has 1 unspecified atom stereocenters. The second-order valence-corrected chi connectivity index (χ2v) is 5.67. The van der Waals surface area contributed by atoms with E-state index in [1.54, 1.807) is 0 Å². The molecule has 1 aromatic heterocycles. The number of H-pyrrole nitrogens is 1. The van der Waals surface area contributed by atoms with Crippen LogP contribution in [0.2, 0.25) is 0 Å². The lowest BCUT2D eigenvalue weighted by Crippen LogP contribution is -2.10. The lowest BCUT2D eigenvalue weighted by atomic mass is 10.1. The van der Waals surface area contributed by atoms with Crippen LogP contribution < -0.4 is 4.74 Å². The van der Waals surface area contributed by atoms with Gasteiger partial charge in [-0.25, -0.2) is 4.98 Å². The molecule has 2 aromatic rings. The molecule has 0 spiro atoms. The third-order valence-electron chi connectivity index (χ3n) is 3.75. The molecule has 3 nitrogen and oxygen atoms in total. The first kappa shape index (κ1) is 11.2. The van der Waals surface area contributed by atoms with Gasteiger partial charge in [-0.2, -0.15) is 0 Å². The highest BCUT2D eigenvalue weighted by molar-refractivity contribution is 7.71. The molecular formula is C15H14N2OS. The number of hydrogen-bond donors (Lipinski definition) is 1. The van der Waals surface area contributed by atoms with Gasteiger partial charge in [0.15, 0.2) is 6.10 Å². The van der Waals surface area contributed by atoms with Crippen LogP contribution in [0.5, 0.6) is 5.75 Å². The van der Waals surface area contributed by atoms with Gasteiger partial charge in [-0.3, -0.25) is 0 Å². The Hall–Kier alpha value is -1.68. The van der Waals surface area contributed by atoms with Crippen molar-refractivity contribution in [3.05, 3.63) is 52.1 Å². The topological polar surface area (TPSA) is 37.9 Å². The molecule has 0 saturated heterocycles. The van der Waals surface area contributed by atoms with Crippen LogP contribution in [0, 0.1) is 4.64 Å². The fourth-order valence-electron chi connectivity index (χ4n) is 2.60. The number of fused-ring (bicyclic) bond motifs is 1. The Morgan fingerprint density at radius 3 is 2.89 bits per heavy atom. The van der Waals surface area contributed by atoms with Crippen molar-refractivity contribution < 1.29 is 4.74 Å². The van der Waals surface area contributed by atoms with Crippen molar-refractivity contribution in [2.75, 3.05) is 0 Å². The van der Waals surface area contributed by atoms with E-state index >= 15 is 0 Å². The molecule has 0 bridgehead atoms. The predicted octanol–water partition coefficient (Wildman–Crippen LogP) is 3.69. The molecular weight excluding hydrogens is 256 g/mol. The smallest absolute Gasteiger partial charge is 0.160 e. The van der Waals surface area contributed by atoms with Crippen LogP contribution in [0.1, 0.15) is 41.9 Å². The van der Waals surface area contributed by atoms with Crippen LogP contribution in [-0.4, -0.2) is 9.97 Å². The van der Waals surface area contributed by atoms with E-state index in [4.69, 9.17) is 17.0 Å². The number of hydrogen-bond acceptors (Lipinski definition) is 3. The van der Waals surface area contributed by atoms with E-state index in [0.29, 0.717) is 10.6 Å². The summed E-state index contributed by atoms with van der Waals surface area (Å²) in [7, 11) is 0. The average molecular weight is 270 g/mol. The fourth-order valence-corrected chi connectivity index (χ4v) is 2.82. The van der Waals surface area contributed by atoms with E-state index in [0.717, 1.165) is 18.0 Å². The minimum Gasteiger partial charge on any atom is -0.482 e. The van der Waals surface area contributed by atoms with Gasteiger partial charge in [0.1, 0.15) is 16.2 Å². The highest BCUT2D eigenvalue weighted by atomic mass is 32.1. The van der Waals surface area contributed by atoms with E-state index in [1.165, 1.54) is 24.1 Å². The normalized spacial score (nSPS) is 20.9. The summed E-state index contributed by atoms with van der Waals surface area (Å²) < 4.78 is 6.63. The van der Waals surface area contributed by atoms with Crippen molar-refractivity contribution in [3.8, 4) is 5.75 Å². The Morgan fingerprint density at radius 1 is 1.26 bits per heavy atom. The van der Waals surface area contributed by atoms with Gasteiger partial charge in [0.05, 0.1) is 0 Å². The van der Waals surface area contributed by atoms with Crippen molar-refractivity contribution >= 4 is 12.2 Å². The van der Waals surface area contributed by atoms with Crippen LogP contribution in [0.3, 0.4) is 0 Å². The number of aromatic amines is 1. The standard InChI is InChI=1S/C15H14N2OS/c19-14-8-11(9-5-6-9)16-15(17-14)13-7-10-3-1-2-4-12(10)18-13/h1-4,8-9,13H,5-7H2,(H,16,17,19). The van der Waals surface area contributed by atoms with Crippen LogP contribution >= 0.6 is 12.2 Å². The van der Waals surface area contributed by atoms with E-state index in [2.05, 4.69) is 16.0 Å². The molecule has 0 amide bonds. The van der Waals surface area contributed by atoms with E-state index < -0.39 is 0 Å². The highest BCUT2D eigenvalue weighted by Crippen LogP contribution is 2.40. The zero-order valence-corrected chi connectivity index (χ0v) is 11.2. The maximum Gasteiger partial charge on any atom is 0.160 e. The van der Waals surface area contributed by atoms with Gasteiger partial charge in [0.25, 0.3) is 0 Å². The number of nitrogens with zero attached hydrogens (tertiary/aromatic N) is 1. The quantitative estimate of drug-likeness (QED) is 0.846. The molecule has 1 saturated carbocycles. The van der Waals surface area contributed by atoms with Crippen molar-refractivity contribution in [2.45, 2.75) is 31.3 Å². The Kier molecular flexibility index (Phi) is 2.45. The van der Waals surface area contributed by atoms with E-state index in [-0.39, 0.29) is 6.10 Å². The summed E-state index contributed by atoms with van der Waals surface area (Å²) in [5, 5.41) is 0. The summed E-state index contributed by atoms with van der Waals surface area (Å²) in [4.78, 5) is 7.86. The van der Waals surface area contributed by atoms with Gasteiger partial charge in [-0.15, -0.1) is 0 Å². The average Bonchev–Trinajstić information content (AvgIpc) is 3.17.